The zero-order chi connectivity index (χ0) is 13.1. The van der Waals surface area contributed by atoms with Gasteiger partial charge in [0.25, 0.3) is 0 Å². The second-order valence-electron chi connectivity index (χ2n) is 4.70. The molecule has 0 saturated heterocycles. The molecule has 0 aliphatic rings. The van der Waals surface area contributed by atoms with Gasteiger partial charge in [-0.2, -0.15) is 4.98 Å². The maximum absolute atomic E-state index is 6.13. The first-order valence-electron chi connectivity index (χ1n) is 6.29. The van der Waals surface area contributed by atoms with Crippen LogP contribution in [0.5, 0.6) is 0 Å². The molecule has 2 aromatic rings. The molecule has 4 heteroatoms. The number of nitrogens with two attached hydrogens (primary N) is 1. The fourth-order valence-electron chi connectivity index (χ4n) is 1.78. The van der Waals surface area contributed by atoms with Gasteiger partial charge in [0.15, 0.2) is 5.82 Å². The summed E-state index contributed by atoms with van der Waals surface area (Å²) in [6, 6.07) is 7.93. The van der Waals surface area contributed by atoms with Gasteiger partial charge < -0.3 is 10.3 Å². The van der Waals surface area contributed by atoms with Crippen molar-refractivity contribution >= 4 is 0 Å². The molecule has 1 aromatic carbocycles. The van der Waals surface area contributed by atoms with Crippen molar-refractivity contribution in [1.29, 1.82) is 0 Å². The topological polar surface area (TPSA) is 64.9 Å². The van der Waals surface area contributed by atoms with Crippen LogP contribution in [0, 0.1) is 0 Å². The molecule has 2 rings (SSSR count). The maximum Gasteiger partial charge on any atom is 0.226 e. The number of aryl methyl sites for hydroxylation is 1. The minimum atomic E-state index is -0.324. The van der Waals surface area contributed by atoms with Crippen LogP contribution in [0.25, 0.3) is 0 Å². The lowest BCUT2D eigenvalue weighted by atomic mass is 9.99. The second-order valence-corrected chi connectivity index (χ2v) is 4.70. The van der Waals surface area contributed by atoms with E-state index in [0.717, 1.165) is 12.0 Å². The van der Waals surface area contributed by atoms with Gasteiger partial charge in [0.1, 0.15) is 0 Å². The van der Waals surface area contributed by atoms with Crippen LogP contribution in [0.15, 0.2) is 28.8 Å². The Hall–Kier alpha value is -1.68. The van der Waals surface area contributed by atoms with E-state index in [1.165, 1.54) is 5.56 Å². The van der Waals surface area contributed by atoms with Crippen LogP contribution < -0.4 is 5.73 Å². The highest BCUT2D eigenvalue weighted by atomic mass is 16.5. The third kappa shape index (κ3) is 2.59. The van der Waals surface area contributed by atoms with E-state index in [1.807, 2.05) is 19.1 Å². The van der Waals surface area contributed by atoms with Gasteiger partial charge in [-0.05, 0) is 17.0 Å². The van der Waals surface area contributed by atoms with Gasteiger partial charge >= 0.3 is 0 Å². The first kappa shape index (κ1) is 12.8. The summed E-state index contributed by atoms with van der Waals surface area (Å²) in [5, 5.41) is 3.91. The first-order valence-corrected chi connectivity index (χ1v) is 6.29. The van der Waals surface area contributed by atoms with Crippen molar-refractivity contribution < 1.29 is 4.52 Å². The predicted octanol–water partition coefficient (Wildman–Crippen LogP) is 2.80. The van der Waals surface area contributed by atoms with Crippen molar-refractivity contribution in [3.63, 3.8) is 0 Å². The number of hydrogen-bond acceptors (Lipinski definition) is 4. The van der Waals surface area contributed by atoms with Crippen LogP contribution in [-0.2, 0) is 6.42 Å². The van der Waals surface area contributed by atoms with Crippen molar-refractivity contribution in [3.05, 3.63) is 47.1 Å². The molecule has 0 spiro atoms. The molecule has 1 heterocycles. The molecule has 0 amide bonds. The Morgan fingerprint density at radius 3 is 2.28 bits per heavy atom. The van der Waals surface area contributed by atoms with Crippen molar-refractivity contribution in [3.8, 4) is 0 Å². The van der Waals surface area contributed by atoms with Crippen molar-refractivity contribution in [2.45, 2.75) is 39.2 Å². The van der Waals surface area contributed by atoms with E-state index in [4.69, 9.17) is 10.3 Å². The molecule has 0 saturated carbocycles. The van der Waals surface area contributed by atoms with Gasteiger partial charge in [-0.25, -0.2) is 0 Å². The van der Waals surface area contributed by atoms with Crippen molar-refractivity contribution in [2.24, 2.45) is 5.73 Å². The third-order valence-corrected chi connectivity index (χ3v) is 3.03. The number of rotatable bonds is 4. The second kappa shape index (κ2) is 5.31. The Kier molecular flexibility index (Phi) is 3.77. The smallest absolute Gasteiger partial charge is 0.226 e. The summed E-state index contributed by atoms with van der Waals surface area (Å²) < 4.78 is 5.08. The van der Waals surface area contributed by atoms with E-state index in [0.29, 0.717) is 17.6 Å². The van der Waals surface area contributed by atoms with Gasteiger partial charge in [0.2, 0.25) is 5.89 Å². The Labute approximate surface area is 107 Å². The molecule has 0 aliphatic heterocycles. The molecule has 1 aromatic heterocycles. The quantitative estimate of drug-likeness (QED) is 0.899. The van der Waals surface area contributed by atoms with Gasteiger partial charge in [0, 0.05) is 6.42 Å². The monoisotopic (exact) mass is 245 g/mol. The van der Waals surface area contributed by atoms with Crippen LogP contribution in [0.3, 0.4) is 0 Å². The largest absolute Gasteiger partial charge is 0.339 e. The minimum absolute atomic E-state index is 0.324. The number of aromatic nitrogens is 2. The van der Waals surface area contributed by atoms with E-state index >= 15 is 0 Å². The van der Waals surface area contributed by atoms with E-state index in [2.05, 4.69) is 36.1 Å². The molecule has 0 bridgehead atoms. The van der Waals surface area contributed by atoms with Crippen molar-refractivity contribution in [2.75, 3.05) is 0 Å². The molecule has 0 fully saturated rings. The Bertz CT molecular complexity index is 502. The highest BCUT2D eigenvalue weighted by Crippen LogP contribution is 2.20. The van der Waals surface area contributed by atoms with Crippen LogP contribution in [-0.4, -0.2) is 10.1 Å². The Balaban J connectivity index is 2.20. The summed E-state index contributed by atoms with van der Waals surface area (Å²) in [5.74, 6) is 1.69. The van der Waals surface area contributed by atoms with E-state index < -0.39 is 0 Å². The lowest BCUT2D eigenvalue weighted by molar-refractivity contribution is 0.375. The predicted molar refractivity (Wildman–Crippen MR) is 70.2 cm³/mol. The molecular weight excluding hydrogens is 226 g/mol. The fourth-order valence-corrected chi connectivity index (χ4v) is 1.78. The molecule has 4 nitrogen and oxygen atoms in total. The van der Waals surface area contributed by atoms with Crippen LogP contribution >= 0.6 is 0 Å². The van der Waals surface area contributed by atoms with Gasteiger partial charge in [0.05, 0.1) is 6.04 Å². The average molecular weight is 245 g/mol. The summed E-state index contributed by atoms with van der Waals surface area (Å²) in [6.45, 7) is 6.31. The zero-order valence-corrected chi connectivity index (χ0v) is 11.1. The maximum atomic E-state index is 6.13. The molecule has 2 N–H and O–H groups in total. The number of hydrogen-bond donors (Lipinski definition) is 1. The lowest BCUT2D eigenvalue weighted by Gasteiger charge is -2.10. The van der Waals surface area contributed by atoms with E-state index in [9.17, 15) is 0 Å². The lowest BCUT2D eigenvalue weighted by Crippen LogP contribution is -2.13. The van der Waals surface area contributed by atoms with Gasteiger partial charge in [-0.1, -0.05) is 50.2 Å². The minimum Gasteiger partial charge on any atom is -0.339 e. The summed E-state index contributed by atoms with van der Waals surface area (Å²) in [4.78, 5) is 4.26. The molecule has 0 aliphatic carbocycles. The van der Waals surface area contributed by atoms with Gasteiger partial charge in [-0.3, -0.25) is 0 Å². The summed E-state index contributed by atoms with van der Waals surface area (Å²) in [7, 11) is 0. The number of nitrogens with zero attached hydrogens (tertiary/aromatic N) is 2. The normalized spacial score (nSPS) is 12.9. The Morgan fingerprint density at radius 2 is 1.78 bits per heavy atom. The molecular formula is C14H19N3O. The van der Waals surface area contributed by atoms with Crippen LogP contribution in [0.4, 0.5) is 0 Å². The zero-order valence-electron chi connectivity index (χ0n) is 11.1. The van der Waals surface area contributed by atoms with Gasteiger partial charge in [-0.15, -0.1) is 0 Å². The van der Waals surface area contributed by atoms with Crippen molar-refractivity contribution in [1.82, 2.24) is 10.1 Å². The highest BCUT2D eigenvalue weighted by Gasteiger charge is 2.15. The standard InChI is InChI=1S/C14H19N3O/c1-4-12-16-14(17-18-12)13(15)11-7-5-10(6-8-11)9(2)3/h5-9,13H,4,15H2,1-3H3. The molecule has 1 atom stereocenters. The molecule has 1 unspecified atom stereocenters. The number of benzene rings is 1. The average Bonchev–Trinajstić information content (AvgIpc) is 2.86. The van der Waals surface area contributed by atoms with Crippen LogP contribution in [0.1, 0.15) is 55.6 Å². The fraction of sp³-hybridized carbons (Fsp3) is 0.429. The molecule has 18 heavy (non-hydrogen) atoms. The van der Waals surface area contributed by atoms with Crippen LogP contribution in [0.2, 0.25) is 0 Å². The first-order chi connectivity index (χ1) is 8.61. The SMILES string of the molecule is CCc1nc(C(N)c2ccc(C(C)C)cc2)no1. The highest BCUT2D eigenvalue weighted by molar-refractivity contribution is 5.29. The Morgan fingerprint density at radius 1 is 1.17 bits per heavy atom. The van der Waals surface area contributed by atoms with E-state index in [-0.39, 0.29) is 6.04 Å². The van der Waals surface area contributed by atoms with E-state index in [1.54, 1.807) is 0 Å². The molecule has 96 valence electrons. The third-order valence-electron chi connectivity index (χ3n) is 3.03. The summed E-state index contributed by atoms with van der Waals surface area (Å²) >= 11 is 0. The molecule has 0 radical (unpaired) electrons. The summed E-state index contributed by atoms with van der Waals surface area (Å²) in [6.07, 6.45) is 0.728. The summed E-state index contributed by atoms with van der Waals surface area (Å²) in [5.41, 5.74) is 8.43.